The number of nitro groups is 1. The Morgan fingerprint density at radius 1 is 1.40 bits per heavy atom. The van der Waals surface area contributed by atoms with E-state index in [0.717, 1.165) is 11.1 Å². The Morgan fingerprint density at radius 3 is 2.85 bits per heavy atom. The number of nitrogens with one attached hydrogen (secondary N) is 1. The van der Waals surface area contributed by atoms with Crippen LogP contribution in [0.4, 0.5) is 11.4 Å². The molecular weight excluding hydrogens is 258 g/mol. The van der Waals surface area contributed by atoms with Crippen molar-refractivity contribution in [2.45, 2.75) is 13.5 Å². The van der Waals surface area contributed by atoms with E-state index in [9.17, 15) is 14.9 Å². The Bertz CT molecular complexity index is 656. The van der Waals surface area contributed by atoms with Gasteiger partial charge in [-0.25, -0.2) is 0 Å². The molecule has 0 saturated heterocycles. The molecule has 20 heavy (non-hydrogen) atoms. The van der Waals surface area contributed by atoms with Crippen LogP contribution in [0.2, 0.25) is 0 Å². The van der Waals surface area contributed by atoms with Crippen molar-refractivity contribution in [2.24, 2.45) is 0 Å². The lowest BCUT2D eigenvalue weighted by Crippen LogP contribution is -2.04. The second-order valence-electron chi connectivity index (χ2n) is 4.31. The highest BCUT2D eigenvalue weighted by Gasteiger charge is 2.14. The van der Waals surface area contributed by atoms with Gasteiger partial charge in [-0.2, -0.15) is 0 Å². The van der Waals surface area contributed by atoms with Crippen molar-refractivity contribution < 1.29 is 9.72 Å². The van der Waals surface area contributed by atoms with Crippen LogP contribution in [0.15, 0.2) is 36.7 Å². The molecule has 0 amide bonds. The second-order valence-corrected chi connectivity index (χ2v) is 4.31. The van der Waals surface area contributed by atoms with Crippen LogP contribution in [0.5, 0.6) is 0 Å². The highest BCUT2D eigenvalue weighted by molar-refractivity contribution is 5.79. The standard InChI is InChI=1S/C14H13N3O3/c1-10-4-5-15-7-12(10)8-16-13-3-2-11(9-18)6-14(13)17(19)20/h2-7,9,16H,8H2,1H3. The lowest BCUT2D eigenvalue weighted by Gasteiger charge is -2.09. The van der Waals surface area contributed by atoms with Gasteiger partial charge in [0, 0.05) is 30.6 Å². The molecule has 0 fully saturated rings. The van der Waals surface area contributed by atoms with Crippen molar-refractivity contribution >= 4 is 17.7 Å². The predicted octanol–water partition coefficient (Wildman–Crippen LogP) is 2.72. The average molecular weight is 271 g/mol. The molecule has 0 aliphatic carbocycles. The van der Waals surface area contributed by atoms with Crippen LogP contribution in [0.3, 0.4) is 0 Å². The maximum absolute atomic E-state index is 11.0. The van der Waals surface area contributed by atoms with Crippen molar-refractivity contribution in [2.75, 3.05) is 5.32 Å². The van der Waals surface area contributed by atoms with Gasteiger partial charge >= 0.3 is 0 Å². The molecule has 0 bridgehead atoms. The van der Waals surface area contributed by atoms with Gasteiger partial charge in [0.2, 0.25) is 0 Å². The second kappa shape index (κ2) is 5.92. The van der Waals surface area contributed by atoms with Crippen molar-refractivity contribution in [3.63, 3.8) is 0 Å². The van der Waals surface area contributed by atoms with Crippen LogP contribution in [-0.4, -0.2) is 16.2 Å². The molecule has 2 rings (SSSR count). The Balaban J connectivity index is 2.23. The van der Waals surface area contributed by atoms with Crippen molar-refractivity contribution in [3.05, 3.63) is 63.5 Å². The molecule has 1 heterocycles. The zero-order valence-corrected chi connectivity index (χ0v) is 10.9. The van der Waals surface area contributed by atoms with E-state index >= 15 is 0 Å². The van der Waals surface area contributed by atoms with Gasteiger partial charge in [-0.3, -0.25) is 19.9 Å². The van der Waals surface area contributed by atoms with E-state index in [2.05, 4.69) is 10.3 Å². The number of anilines is 1. The van der Waals surface area contributed by atoms with Crippen LogP contribution in [0, 0.1) is 17.0 Å². The summed E-state index contributed by atoms with van der Waals surface area (Å²) in [7, 11) is 0. The van der Waals surface area contributed by atoms with Crippen molar-refractivity contribution in [1.82, 2.24) is 4.98 Å². The quantitative estimate of drug-likeness (QED) is 0.513. The molecule has 6 nitrogen and oxygen atoms in total. The average Bonchev–Trinajstić information content (AvgIpc) is 2.46. The van der Waals surface area contributed by atoms with E-state index in [1.165, 1.54) is 12.1 Å². The molecule has 0 aliphatic rings. The fraction of sp³-hybridized carbons (Fsp3) is 0.143. The van der Waals surface area contributed by atoms with Gasteiger partial charge in [-0.1, -0.05) is 0 Å². The summed E-state index contributed by atoms with van der Waals surface area (Å²) in [5.41, 5.74) is 2.56. The van der Waals surface area contributed by atoms with Crippen LogP contribution in [0.25, 0.3) is 0 Å². The van der Waals surface area contributed by atoms with Gasteiger partial charge in [0.25, 0.3) is 5.69 Å². The number of nitrogens with zero attached hydrogens (tertiary/aromatic N) is 2. The third-order valence-electron chi connectivity index (χ3n) is 2.97. The Kier molecular flexibility index (Phi) is 4.05. The predicted molar refractivity (Wildman–Crippen MR) is 74.8 cm³/mol. The van der Waals surface area contributed by atoms with E-state index in [1.54, 1.807) is 18.5 Å². The van der Waals surface area contributed by atoms with E-state index in [-0.39, 0.29) is 11.3 Å². The van der Waals surface area contributed by atoms with Crippen LogP contribution in [0.1, 0.15) is 21.5 Å². The molecule has 0 unspecified atom stereocenters. The number of nitro benzene ring substituents is 1. The fourth-order valence-electron chi connectivity index (χ4n) is 1.79. The molecule has 0 aliphatic heterocycles. The third-order valence-corrected chi connectivity index (χ3v) is 2.97. The summed E-state index contributed by atoms with van der Waals surface area (Å²) in [5, 5.41) is 14.0. The zero-order chi connectivity index (χ0) is 14.5. The molecule has 1 N–H and O–H groups in total. The third kappa shape index (κ3) is 2.97. The first-order valence-electron chi connectivity index (χ1n) is 5.99. The lowest BCUT2D eigenvalue weighted by atomic mass is 10.1. The van der Waals surface area contributed by atoms with Crippen LogP contribution < -0.4 is 5.32 Å². The van der Waals surface area contributed by atoms with Gasteiger partial charge in [0.05, 0.1) is 4.92 Å². The van der Waals surface area contributed by atoms with E-state index < -0.39 is 4.92 Å². The molecule has 0 saturated carbocycles. The number of carbonyl (C=O) groups is 1. The Hall–Kier alpha value is -2.76. The summed E-state index contributed by atoms with van der Waals surface area (Å²) in [6.07, 6.45) is 4.00. The number of aryl methyl sites for hydroxylation is 1. The van der Waals surface area contributed by atoms with Gasteiger partial charge in [-0.05, 0) is 36.2 Å². The largest absolute Gasteiger partial charge is 0.375 e. The minimum atomic E-state index is -0.508. The van der Waals surface area contributed by atoms with Crippen molar-refractivity contribution in [3.8, 4) is 0 Å². The van der Waals surface area contributed by atoms with Crippen LogP contribution in [-0.2, 0) is 6.54 Å². The van der Waals surface area contributed by atoms with E-state index in [1.807, 2.05) is 13.0 Å². The molecule has 0 spiro atoms. The van der Waals surface area contributed by atoms with Gasteiger partial charge in [0.15, 0.2) is 0 Å². The minimum absolute atomic E-state index is 0.115. The maximum Gasteiger partial charge on any atom is 0.293 e. The molecule has 1 aromatic heterocycles. The first-order valence-corrected chi connectivity index (χ1v) is 5.99. The van der Waals surface area contributed by atoms with Gasteiger partial charge < -0.3 is 5.32 Å². The minimum Gasteiger partial charge on any atom is -0.375 e. The monoisotopic (exact) mass is 271 g/mol. The summed E-state index contributed by atoms with van der Waals surface area (Å²) >= 11 is 0. The van der Waals surface area contributed by atoms with E-state index in [0.29, 0.717) is 18.5 Å². The number of hydrogen-bond acceptors (Lipinski definition) is 5. The number of aromatic nitrogens is 1. The number of hydrogen-bond donors (Lipinski definition) is 1. The number of aldehydes is 1. The first-order chi connectivity index (χ1) is 9.61. The summed E-state index contributed by atoms with van der Waals surface area (Å²) in [5.74, 6) is 0. The number of pyridine rings is 1. The lowest BCUT2D eigenvalue weighted by molar-refractivity contribution is -0.384. The van der Waals surface area contributed by atoms with E-state index in [4.69, 9.17) is 0 Å². The summed E-state index contributed by atoms with van der Waals surface area (Å²) in [6, 6.07) is 6.21. The topological polar surface area (TPSA) is 85.1 Å². The number of benzene rings is 1. The molecule has 102 valence electrons. The summed E-state index contributed by atoms with van der Waals surface area (Å²) in [4.78, 5) is 25.2. The van der Waals surface area contributed by atoms with Crippen LogP contribution >= 0.6 is 0 Å². The molecule has 6 heteroatoms. The maximum atomic E-state index is 11.0. The number of rotatable bonds is 5. The molecule has 0 radical (unpaired) electrons. The van der Waals surface area contributed by atoms with Gasteiger partial charge in [0.1, 0.15) is 12.0 Å². The van der Waals surface area contributed by atoms with Gasteiger partial charge in [-0.15, -0.1) is 0 Å². The molecule has 1 aromatic carbocycles. The smallest absolute Gasteiger partial charge is 0.293 e. The Morgan fingerprint density at radius 2 is 2.20 bits per heavy atom. The molecule has 0 atom stereocenters. The van der Waals surface area contributed by atoms with Crippen molar-refractivity contribution in [1.29, 1.82) is 0 Å². The molecular formula is C14H13N3O3. The highest BCUT2D eigenvalue weighted by atomic mass is 16.6. The summed E-state index contributed by atoms with van der Waals surface area (Å²) < 4.78 is 0. The fourth-order valence-corrected chi connectivity index (χ4v) is 1.79. The normalized spacial score (nSPS) is 10.1. The Labute approximate surface area is 115 Å². The first kappa shape index (κ1) is 13.7. The number of carbonyl (C=O) groups excluding carboxylic acids is 1. The molecule has 2 aromatic rings. The zero-order valence-electron chi connectivity index (χ0n) is 10.9. The summed E-state index contributed by atoms with van der Waals surface area (Å²) in [6.45, 7) is 2.38. The highest BCUT2D eigenvalue weighted by Crippen LogP contribution is 2.25. The SMILES string of the molecule is Cc1ccncc1CNc1ccc(C=O)cc1[N+](=O)[O-].